The molecule has 0 unspecified atom stereocenters. The molecule has 37 heavy (non-hydrogen) atoms. The van der Waals surface area contributed by atoms with Gasteiger partial charge < -0.3 is 24.5 Å². The van der Waals surface area contributed by atoms with Gasteiger partial charge in [-0.2, -0.15) is 0 Å². The van der Waals surface area contributed by atoms with Crippen molar-refractivity contribution in [2.75, 3.05) is 44.3 Å². The number of carbonyl (C=O) groups is 1. The van der Waals surface area contributed by atoms with Crippen LogP contribution in [0.5, 0.6) is 0 Å². The molecule has 4 aromatic rings. The number of imidazole rings is 1. The molecule has 0 aliphatic carbocycles. The van der Waals surface area contributed by atoms with Crippen LogP contribution in [-0.2, 0) is 22.6 Å². The maximum atomic E-state index is 15.3. The molecule has 6 rings (SSSR count). The third-order valence-corrected chi connectivity index (χ3v) is 7.02. The first-order valence-corrected chi connectivity index (χ1v) is 12.7. The average Bonchev–Trinajstić information content (AvgIpc) is 3.46. The van der Waals surface area contributed by atoms with E-state index in [0.29, 0.717) is 80.9 Å². The quantitative estimate of drug-likeness (QED) is 0.429. The SMILES string of the molecule is CCn1c(CN2CC(=O)NC(C)(C)C2)nc2c(N3CCOCC3)nc(-c3c(F)ccc4[nH]ccc34)nc21. The van der Waals surface area contributed by atoms with Crippen molar-refractivity contribution in [2.45, 2.75) is 39.4 Å². The third kappa shape index (κ3) is 4.31. The maximum Gasteiger partial charge on any atom is 0.234 e. The van der Waals surface area contributed by atoms with Crippen molar-refractivity contribution in [3.8, 4) is 11.4 Å². The minimum atomic E-state index is -0.372. The van der Waals surface area contributed by atoms with Crippen molar-refractivity contribution >= 4 is 33.8 Å². The molecule has 0 spiro atoms. The van der Waals surface area contributed by atoms with Gasteiger partial charge in [0.25, 0.3) is 0 Å². The number of halogens is 1. The fourth-order valence-electron chi connectivity index (χ4n) is 5.51. The Kier molecular flexibility index (Phi) is 5.84. The van der Waals surface area contributed by atoms with Crippen LogP contribution >= 0.6 is 0 Å². The van der Waals surface area contributed by atoms with Gasteiger partial charge in [-0.05, 0) is 39.0 Å². The molecule has 2 N–H and O–H groups in total. The Hall–Kier alpha value is -3.57. The summed E-state index contributed by atoms with van der Waals surface area (Å²) in [6, 6.07) is 5.02. The number of aryl methyl sites for hydroxylation is 1. The number of hydrogen-bond acceptors (Lipinski definition) is 7. The first kappa shape index (κ1) is 23.8. The second-order valence-corrected chi connectivity index (χ2v) is 10.4. The van der Waals surface area contributed by atoms with Crippen LogP contribution in [0.2, 0.25) is 0 Å². The van der Waals surface area contributed by atoms with Crippen molar-refractivity contribution in [3.63, 3.8) is 0 Å². The summed E-state index contributed by atoms with van der Waals surface area (Å²) in [6.45, 7) is 10.7. The smallest absolute Gasteiger partial charge is 0.234 e. The van der Waals surface area contributed by atoms with Crippen molar-refractivity contribution in [1.82, 2.24) is 34.7 Å². The number of hydrogen-bond donors (Lipinski definition) is 2. The van der Waals surface area contributed by atoms with Gasteiger partial charge in [0.05, 0.1) is 31.9 Å². The zero-order chi connectivity index (χ0) is 25.7. The van der Waals surface area contributed by atoms with Crippen LogP contribution in [-0.4, -0.2) is 80.2 Å². The zero-order valence-corrected chi connectivity index (χ0v) is 21.3. The van der Waals surface area contributed by atoms with Gasteiger partial charge in [0.15, 0.2) is 22.8 Å². The number of benzene rings is 1. The summed E-state index contributed by atoms with van der Waals surface area (Å²) in [6.07, 6.45) is 1.79. The monoisotopic (exact) mass is 506 g/mol. The van der Waals surface area contributed by atoms with Gasteiger partial charge in [-0.1, -0.05) is 0 Å². The predicted molar refractivity (Wildman–Crippen MR) is 139 cm³/mol. The van der Waals surface area contributed by atoms with Crippen LogP contribution in [0.25, 0.3) is 33.5 Å². The number of amides is 1. The third-order valence-electron chi connectivity index (χ3n) is 7.02. The largest absolute Gasteiger partial charge is 0.378 e. The molecular weight excluding hydrogens is 475 g/mol. The van der Waals surface area contributed by atoms with Gasteiger partial charge in [0.2, 0.25) is 5.91 Å². The highest BCUT2D eigenvalue weighted by Crippen LogP contribution is 2.34. The van der Waals surface area contributed by atoms with Gasteiger partial charge in [0.1, 0.15) is 11.6 Å². The van der Waals surface area contributed by atoms with Crippen LogP contribution in [0, 0.1) is 5.82 Å². The second-order valence-electron chi connectivity index (χ2n) is 10.4. The first-order chi connectivity index (χ1) is 17.8. The van der Waals surface area contributed by atoms with Crippen LogP contribution in [0.15, 0.2) is 24.4 Å². The molecule has 11 heteroatoms. The molecule has 10 nitrogen and oxygen atoms in total. The van der Waals surface area contributed by atoms with E-state index in [0.717, 1.165) is 16.7 Å². The first-order valence-electron chi connectivity index (χ1n) is 12.7. The molecule has 2 fully saturated rings. The van der Waals surface area contributed by atoms with E-state index in [9.17, 15) is 4.79 Å². The van der Waals surface area contributed by atoms with Gasteiger partial charge in [-0.3, -0.25) is 9.69 Å². The molecule has 1 aromatic carbocycles. The Morgan fingerprint density at radius 1 is 1.14 bits per heavy atom. The molecule has 5 heterocycles. The Bertz CT molecular complexity index is 1490. The molecule has 0 atom stereocenters. The summed E-state index contributed by atoms with van der Waals surface area (Å²) in [5, 5.41) is 3.77. The Morgan fingerprint density at radius 3 is 2.70 bits per heavy atom. The van der Waals surface area contributed by atoms with E-state index in [1.165, 1.54) is 6.07 Å². The molecule has 0 radical (unpaired) electrons. The lowest BCUT2D eigenvalue weighted by molar-refractivity contribution is -0.127. The fourth-order valence-corrected chi connectivity index (χ4v) is 5.51. The average molecular weight is 507 g/mol. The zero-order valence-electron chi connectivity index (χ0n) is 21.3. The summed E-state index contributed by atoms with van der Waals surface area (Å²) in [4.78, 5) is 34.5. The lowest BCUT2D eigenvalue weighted by atomic mass is 10.0. The number of H-pyrrole nitrogens is 1. The number of fused-ring (bicyclic) bond motifs is 2. The highest BCUT2D eigenvalue weighted by atomic mass is 19.1. The summed E-state index contributed by atoms with van der Waals surface area (Å²) in [7, 11) is 0. The molecule has 3 aromatic heterocycles. The molecule has 1 amide bonds. The van der Waals surface area contributed by atoms with Crippen LogP contribution in [0.4, 0.5) is 10.2 Å². The molecule has 2 aliphatic rings. The lowest BCUT2D eigenvalue weighted by Gasteiger charge is -2.38. The van der Waals surface area contributed by atoms with Crippen molar-refractivity contribution in [2.24, 2.45) is 0 Å². The Balaban J connectivity index is 1.52. The Labute approximate surface area is 213 Å². The molecular formula is C26H31FN8O2. The highest BCUT2D eigenvalue weighted by Gasteiger charge is 2.32. The number of morpholine rings is 1. The molecule has 2 aliphatic heterocycles. The summed E-state index contributed by atoms with van der Waals surface area (Å²) >= 11 is 0. The van der Waals surface area contributed by atoms with E-state index in [4.69, 9.17) is 19.7 Å². The van der Waals surface area contributed by atoms with Crippen molar-refractivity contribution in [3.05, 3.63) is 36.0 Å². The number of nitrogens with one attached hydrogen (secondary N) is 2. The van der Waals surface area contributed by atoms with E-state index in [1.54, 1.807) is 12.3 Å². The van der Waals surface area contributed by atoms with Crippen molar-refractivity contribution in [1.29, 1.82) is 0 Å². The van der Waals surface area contributed by atoms with Crippen LogP contribution in [0.1, 0.15) is 26.6 Å². The van der Waals surface area contributed by atoms with Crippen LogP contribution < -0.4 is 10.2 Å². The predicted octanol–water partition coefficient (Wildman–Crippen LogP) is 2.68. The fraction of sp³-hybridized carbons (Fsp3) is 0.462. The summed E-state index contributed by atoms with van der Waals surface area (Å²) in [5.41, 5.74) is 2.22. The van der Waals surface area contributed by atoms with E-state index in [1.807, 2.05) is 26.8 Å². The molecule has 2 saturated heterocycles. The normalized spacial score (nSPS) is 18.6. The number of anilines is 1. The van der Waals surface area contributed by atoms with E-state index in [2.05, 4.69) is 24.7 Å². The molecule has 194 valence electrons. The minimum Gasteiger partial charge on any atom is -0.378 e. The topological polar surface area (TPSA) is 104 Å². The number of aromatic amines is 1. The van der Waals surface area contributed by atoms with E-state index < -0.39 is 0 Å². The number of nitrogens with zero attached hydrogens (tertiary/aromatic N) is 6. The standard InChI is InChI=1S/C26H31FN8O2/c1-4-35-19(13-33-14-20(36)32-26(2,3)15-33)29-22-24(34-9-11-37-12-10-34)30-23(31-25(22)35)21-16-7-8-28-18(16)6-5-17(21)27/h5-8,28H,4,9-15H2,1-3H3,(H,32,36). The van der Waals surface area contributed by atoms with E-state index >= 15 is 4.39 Å². The van der Waals surface area contributed by atoms with Gasteiger partial charge in [0, 0.05) is 48.8 Å². The van der Waals surface area contributed by atoms with Gasteiger partial charge in [-0.25, -0.2) is 19.3 Å². The second kappa shape index (κ2) is 9.07. The maximum absolute atomic E-state index is 15.3. The highest BCUT2D eigenvalue weighted by molar-refractivity contribution is 5.95. The van der Waals surface area contributed by atoms with E-state index in [-0.39, 0.29) is 17.3 Å². The number of piperazine rings is 1. The minimum absolute atomic E-state index is 0.00145. The molecule has 0 bridgehead atoms. The van der Waals surface area contributed by atoms with Crippen molar-refractivity contribution < 1.29 is 13.9 Å². The van der Waals surface area contributed by atoms with Gasteiger partial charge >= 0.3 is 0 Å². The number of ether oxygens (including phenoxy) is 1. The summed E-state index contributed by atoms with van der Waals surface area (Å²) < 4.78 is 22.9. The van der Waals surface area contributed by atoms with Crippen LogP contribution in [0.3, 0.4) is 0 Å². The number of rotatable bonds is 5. The summed E-state index contributed by atoms with van der Waals surface area (Å²) in [5.74, 6) is 1.45. The lowest BCUT2D eigenvalue weighted by Crippen LogP contribution is -2.59. The number of carbonyl (C=O) groups excluding carboxylic acids is 1. The van der Waals surface area contributed by atoms with Gasteiger partial charge in [-0.15, -0.1) is 0 Å². The Morgan fingerprint density at radius 2 is 1.95 bits per heavy atom. The number of aromatic nitrogens is 5. The molecule has 0 saturated carbocycles.